The number of hydrogen-bond donors (Lipinski definition) is 0. The molecule has 0 bridgehead atoms. The van der Waals surface area contributed by atoms with Crippen molar-refractivity contribution in [3.05, 3.63) is 35.5 Å². The van der Waals surface area contributed by atoms with E-state index in [1.807, 2.05) is 6.92 Å². The topological polar surface area (TPSA) is 52.6 Å². The monoisotopic (exact) mass is 350 g/mol. The van der Waals surface area contributed by atoms with Gasteiger partial charge in [-0.05, 0) is 42.2 Å². The summed E-state index contributed by atoms with van der Waals surface area (Å²) < 4.78 is 9.49. The Morgan fingerprint density at radius 1 is 0.960 bits per heavy atom. The third-order valence-corrected chi connectivity index (χ3v) is 3.99. The smallest absolute Gasteiger partial charge is 0.337 e. The van der Waals surface area contributed by atoms with Crippen molar-refractivity contribution >= 4 is 11.9 Å². The molecular formula is C21H34O4. The molecule has 0 aliphatic rings. The van der Waals surface area contributed by atoms with Crippen LogP contribution in [0.2, 0.25) is 0 Å². The predicted octanol–water partition coefficient (Wildman–Crippen LogP) is 4.86. The maximum absolute atomic E-state index is 12.1. The summed E-state index contributed by atoms with van der Waals surface area (Å²) in [5.41, 5.74) is 1.65. The van der Waals surface area contributed by atoms with Gasteiger partial charge in [-0.3, -0.25) is 0 Å². The summed E-state index contributed by atoms with van der Waals surface area (Å²) in [5.74, 6) is -0.811. The Bertz CT molecular complexity index is 566. The highest BCUT2D eigenvalue weighted by Gasteiger charge is 2.30. The summed E-state index contributed by atoms with van der Waals surface area (Å²) in [5, 5.41) is 0. The summed E-state index contributed by atoms with van der Waals surface area (Å²) in [4.78, 5) is 23.7. The van der Waals surface area contributed by atoms with Gasteiger partial charge in [0, 0.05) is 0 Å². The molecule has 4 nitrogen and oxygen atoms in total. The van der Waals surface area contributed by atoms with E-state index in [1.165, 1.54) is 20.3 Å². The first-order valence-corrected chi connectivity index (χ1v) is 8.48. The molecule has 25 heavy (non-hydrogen) atoms. The van der Waals surface area contributed by atoms with Crippen LogP contribution in [0.3, 0.4) is 0 Å². The molecule has 4 heteroatoms. The van der Waals surface area contributed by atoms with Crippen LogP contribution in [0.15, 0.2) is 35.5 Å². The number of carbonyl (C=O) groups excluding carboxylic acids is 2. The van der Waals surface area contributed by atoms with Crippen molar-refractivity contribution in [2.45, 2.75) is 54.9 Å². The van der Waals surface area contributed by atoms with Crippen LogP contribution in [-0.2, 0) is 19.1 Å². The number of methoxy groups -OCH3 is 2. The zero-order chi connectivity index (χ0) is 20.0. The van der Waals surface area contributed by atoms with Crippen LogP contribution in [0, 0.1) is 16.7 Å². The van der Waals surface area contributed by atoms with Gasteiger partial charge >= 0.3 is 11.9 Å². The highest BCUT2D eigenvalue weighted by Crippen LogP contribution is 2.40. The molecule has 0 aliphatic carbocycles. The molecule has 0 N–H and O–H groups in total. The SMILES string of the molecule is C=C(/C=C(\C=C(/C)C(CC(C)(C)C)C(C)(C)C)C(=O)OC)C(=O)OC. The predicted molar refractivity (Wildman–Crippen MR) is 102 cm³/mol. The lowest BCUT2D eigenvalue weighted by Crippen LogP contribution is -2.26. The molecule has 0 fully saturated rings. The number of carbonyl (C=O) groups is 2. The van der Waals surface area contributed by atoms with Crippen LogP contribution in [0.25, 0.3) is 0 Å². The summed E-state index contributed by atoms with van der Waals surface area (Å²) in [6.45, 7) is 18.8. The van der Waals surface area contributed by atoms with Gasteiger partial charge in [-0.2, -0.15) is 0 Å². The Balaban J connectivity index is 5.95. The second-order valence-corrected chi connectivity index (χ2v) is 8.68. The standard InChI is InChI=1S/C21H34O4/c1-14(17(21(6,7)8)13-20(3,4)5)11-16(19(23)25-10)12-15(2)18(22)24-9/h11-12,17H,2,13H2,1,3-10H3/b14-11+,16-12+. The minimum atomic E-state index is -0.575. The van der Waals surface area contributed by atoms with Crippen LogP contribution in [0.1, 0.15) is 54.9 Å². The fourth-order valence-electron chi connectivity index (χ4n) is 2.76. The number of rotatable bonds is 6. The second-order valence-electron chi connectivity index (χ2n) is 8.68. The van der Waals surface area contributed by atoms with E-state index in [0.717, 1.165) is 12.0 Å². The molecule has 1 unspecified atom stereocenters. The van der Waals surface area contributed by atoms with Gasteiger partial charge in [0.05, 0.1) is 25.4 Å². The van der Waals surface area contributed by atoms with Gasteiger partial charge in [0.1, 0.15) is 0 Å². The quantitative estimate of drug-likeness (QED) is 0.390. The van der Waals surface area contributed by atoms with Gasteiger partial charge in [0.15, 0.2) is 0 Å². The van der Waals surface area contributed by atoms with Crippen LogP contribution < -0.4 is 0 Å². The van der Waals surface area contributed by atoms with E-state index in [2.05, 4.69) is 52.9 Å². The average molecular weight is 350 g/mol. The minimum absolute atomic E-state index is 0.0362. The lowest BCUT2D eigenvalue weighted by molar-refractivity contribution is -0.135. The Morgan fingerprint density at radius 3 is 1.80 bits per heavy atom. The first-order chi connectivity index (χ1) is 11.2. The van der Waals surface area contributed by atoms with E-state index in [-0.39, 0.29) is 22.3 Å². The number of esters is 2. The molecule has 0 aliphatic heterocycles. The van der Waals surface area contributed by atoms with Crippen molar-refractivity contribution in [2.75, 3.05) is 14.2 Å². The fourth-order valence-corrected chi connectivity index (χ4v) is 2.76. The zero-order valence-electron chi connectivity index (χ0n) is 17.3. The molecule has 0 radical (unpaired) electrons. The summed E-state index contributed by atoms with van der Waals surface area (Å²) in [7, 11) is 2.59. The van der Waals surface area contributed by atoms with E-state index in [0.29, 0.717) is 5.57 Å². The lowest BCUT2D eigenvalue weighted by Gasteiger charge is -2.36. The molecule has 0 aromatic carbocycles. The molecule has 0 spiro atoms. The largest absolute Gasteiger partial charge is 0.465 e. The van der Waals surface area contributed by atoms with Crippen molar-refractivity contribution in [3.8, 4) is 0 Å². The maximum Gasteiger partial charge on any atom is 0.337 e. The van der Waals surface area contributed by atoms with Gasteiger partial charge < -0.3 is 9.47 Å². The molecule has 142 valence electrons. The van der Waals surface area contributed by atoms with E-state index in [9.17, 15) is 9.59 Å². The second kappa shape index (κ2) is 9.02. The average Bonchev–Trinajstić information content (AvgIpc) is 2.48. The number of ether oxygens (including phenoxy) is 2. The lowest BCUT2D eigenvalue weighted by atomic mass is 9.69. The molecule has 0 aromatic heterocycles. The molecule has 0 aromatic rings. The molecule has 0 heterocycles. The summed E-state index contributed by atoms with van der Waals surface area (Å²) >= 11 is 0. The molecule has 0 rings (SSSR count). The van der Waals surface area contributed by atoms with Gasteiger partial charge in [-0.15, -0.1) is 0 Å². The first kappa shape index (κ1) is 23.2. The fraction of sp³-hybridized carbons (Fsp3) is 0.619. The van der Waals surface area contributed by atoms with Crippen molar-refractivity contribution in [1.29, 1.82) is 0 Å². The summed E-state index contributed by atoms with van der Waals surface area (Å²) in [6, 6.07) is 0. The third kappa shape index (κ3) is 8.19. The van der Waals surface area contributed by atoms with Gasteiger partial charge in [0.25, 0.3) is 0 Å². The van der Waals surface area contributed by atoms with Gasteiger partial charge in [0.2, 0.25) is 0 Å². The van der Waals surface area contributed by atoms with E-state index in [1.54, 1.807) is 6.08 Å². The van der Waals surface area contributed by atoms with Crippen LogP contribution in [0.4, 0.5) is 0 Å². The third-order valence-electron chi connectivity index (χ3n) is 3.99. The van der Waals surface area contributed by atoms with Crippen LogP contribution >= 0.6 is 0 Å². The highest BCUT2D eigenvalue weighted by atomic mass is 16.5. The highest BCUT2D eigenvalue weighted by molar-refractivity contribution is 5.97. The van der Waals surface area contributed by atoms with Crippen LogP contribution in [-0.4, -0.2) is 26.2 Å². The molecule has 1 atom stereocenters. The van der Waals surface area contributed by atoms with Gasteiger partial charge in [-0.1, -0.05) is 53.7 Å². The molecular weight excluding hydrogens is 316 g/mol. The normalized spacial score (nSPS) is 14.8. The van der Waals surface area contributed by atoms with Crippen molar-refractivity contribution in [3.63, 3.8) is 0 Å². The van der Waals surface area contributed by atoms with Crippen molar-refractivity contribution < 1.29 is 19.1 Å². The summed E-state index contributed by atoms with van der Waals surface area (Å²) in [6.07, 6.45) is 4.19. The molecule has 0 amide bonds. The first-order valence-electron chi connectivity index (χ1n) is 8.48. The Hall–Kier alpha value is -1.84. The van der Waals surface area contributed by atoms with E-state index >= 15 is 0 Å². The number of allylic oxidation sites excluding steroid dienone is 1. The number of hydrogen-bond acceptors (Lipinski definition) is 4. The Morgan fingerprint density at radius 2 is 1.44 bits per heavy atom. The van der Waals surface area contributed by atoms with Crippen molar-refractivity contribution in [2.24, 2.45) is 16.7 Å². The molecule has 0 saturated heterocycles. The van der Waals surface area contributed by atoms with Crippen molar-refractivity contribution in [1.82, 2.24) is 0 Å². The van der Waals surface area contributed by atoms with Gasteiger partial charge in [-0.25, -0.2) is 9.59 Å². The maximum atomic E-state index is 12.1. The van der Waals surface area contributed by atoms with Crippen LogP contribution in [0.5, 0.6) is 0 Å². The van der Waals surface area contributed by atoms with E-state index < -0.39 is 11.9 Å². The Kier molecular flexibility index (Phi) is 8.36. The zero-order valence-corrected chi connectivity index (χ0v) is 17.3. The minimum Gasteiger partial charge on any atom is -0.465 e. The van der Waals surface area contributed by atoms with E-state index in [4.69, 9.17) is 4.74 Å². The molecule has 0 saturated carbocycles. The Labute approximate surface area is 153 Å².